The van der Waals surface area contributed by atoms with E-state index in [0.29, 0.717) is 29.5 Å². The zero-order valence-corrected chi connectivity index (χ0v) is 17.8. The average molecular weight is 426 g/mol. The summed E-state index contributed by atoms with van der Waals surface area (Å²) in [6.45, 7) is 3.28. The molecule has 1 aromatic heterocycles. The molecule has 1 amide bonds. The molecule has 30 heavy (non-hydrogen) atoms. The lowest BCUT2D eigenvalue weighted by Crippen LogP contribution is -2.41. The van der Waals surface area contributed by atoms with Crippen LogP contribution in [-0.2, 0) is 7.05 Å². The smallest absolute Gasteiger partial charge is 0.265 e. The van der Waals surface area contributed by atoms with E-state index in [-0.39, 0.29) is 17.2 Å². The summed E-state index contributed by atoms with van der Waals surface area (Å²) in [5.41, 5.74) is 7.77. The average Bonchev–Trinajstić information content (AvgIpc) is 2.72. The lowest BCUT2D eigenvalue weighted by atomic mass is 10.0. The van der Waals surface area contributed by atoms with Crippen LogP contribution in [-0.4, -0.2) is 29.7 Å². The maximum Gasteiger partial charge on any atom is 0.265 e. The van der Waals surface area contributed by atoms with Gasteiger partial charge in [-0.2, -0.15) is 0 Å². The monoisotopic (exact) mass is 425 g/mol. The maximum atomic E-state index is 12.9. The van der Waals surface area contributed by atoms with E-state index in [0.717, 1.165) is 29.3 Å². The number of primary amides is 1. The molecular formula is C23H24ClN3O3. The van der Waals surface area contributed by atoms with Crippen LogP contribution < -0.4 is 20.9 Å². The number of aryl methyl sites for hydroxylation is 2. The molecule has 1 saturated heterocycles. The second kappa shape index (κ2) is 8.03. The summed E-state index contributed by atoms with van der Waals surface area (Å²) >= 11 is 6.21. The summed E-state index contributed by atoms with van der Waals surface area (Å²) < 4.78 is 7.57. The van der Waals surface area contributed by atoms with Gasteiger partial charge in [0.25, 0.3) is 11.5 Å². The fraction of sp³-hybridized carbons (Fsp3) is 0.304. The first kappa shape index (κ1) is 20.3. The van der Waals surface area contributed by atoms with Crippen LogP contribution in [0, 0.1) is 6.92 Å². The summed E-state index contributed by atoms with van der Waals surface area (Å²) in [5, 5.41) is 1.44. The Morgan fingerprint density at radius 2 is 1.87 bits per heavy atom. The third-order valence-corrected chi connectivity index (χ3v) is 5.97. The Kier molecular flexibility index (Phi) is 5.43. The molecule has 0 bridgehead atoms. The Balaban J connectivity index is 1.69. The number of nitrogens with two attached hydrogens (primary N) is 1. The summed E-state index contributed by atoms with van der Waals surface area (Å²) in [6, 6.07) is 13.3. The molecular weight excluding hydrogens is 402 g/mol. The lowest BCUT2D eigenvalue weighted by molar-refractivity contribution is 0.0999. The number of carbonyl (C=O) groups excluding carboxylic acids is 1. The van der Waals surface area contributed by atoms with Gasteiger partial charge in [0.05, 0.1) is 16.2 Å². The Morgan fingerprint density at radius 1 is 1.17 bits per heavy atom. The summed E-state index contributed by atoms with van der Waals surface area (Å²) in [7, 11) is 1.67. The molecule has 2 aromatic carbocycles. The molecule has 156 valence electrons. The fourth-order valence-corrected chi connectivity index (χ4v) is 4.29. The second-order valence-electron chi connectivity index (χ2n) is 7.71. The lowest BCUT2D eigenvalue weighted by Gasteiger charge is -2.35. The Hall–Kier alpha value is -2.99. The van der Waals surface area contributed by atoms with Gasteiger partial charge in [-0.15, -0.1) is 0 Å². The number of nitrogens with zero attached hydrogens (tertiary/aromatic N) is 2. The number of aromatic nitrogens is 1. The normalized spacial score (nSPS) is 14.8. The van der Waals surface area contributed by atoms with Crippen LogP contribution in [0.5, 0.6) is 5.75 Å². The number of fused-ring (bicyclic) bond motifs is 1. The standard InChI is InChI=1S/C23H24ClN3O3/c1-14-7-8-18-16(13-14)21(20(22(25)28)23(29)26(18)2)27-11-9-15(10-12-27)30-19-6-4-3-5-17(19)24/h3-8,13,15H,9-12H2,1-2H3,(H2,25,28). The number of halogens is 1. The Morgan fingerprint density at radius 3 is 2.53 bits per heavy atom. The third-order valence-electron chi connectivity index (χ3n) is 5.66. The van der Waals surface area contributed by atoms with Gasteiger partial charge >= 0.3 is 0 Å². The zero-order valence-electron chi connectivity index (χ0n) is 17.0. The van der Waals surface area contributed by atoms with E-state index in [4.69, 9.17) is 22.1 Å². The summed E-state index contributed by atoms with van der Waals surface area (Å²) in [4.78, 5) is 27.2. The Labute approximate surface area is 179 Å². The van der Waals surface area contributed by atoms with Crippen LogP contribution in [0.4, 0.5) is 5.69 Å². The molecule has 1 aliphatic rings. The number of rotatable bonds is 4. The van der Waals surface area contributed by atoms with Crippen molar-refractivity contribution in [1.29, 1.82) is 0 Å². The topological polar surface area (TPSA) is 77.6 Å². The van der Waals surface area contributed by atoms with E-state index in [2.05, 4.69) is 4.90 Å². The molecule has 2 heterocycles. The zero-order chi connectivity index (χ0) is 21.4. The van der Waals surface area contributed by atoms with Crippen LogP contribution in [0.15, 0.2) is 47.3 Å². The number of anilines is 1. The first-order valence-electron chi connectivity index (χ1n) is 9.96. The van der Waals surface area contributed by atoms with Gasteiger partial charge in [0.15, 0.2) is 0 Å². The minimum atomic E-state index is -0.705. The van der Waals surface area contributed by atoms with Crippen LogP contribution in [0.1, 0.15) is 28.8 Å². The predicted molar refractivity (Wildman–Crippen MR) is 120 cm³/mol. The molecule has 6 nitrogen and oxygen atoms in total. The molecule has 0 atom stereocenters. The van der Waals surface area contributed by atoms with Gasteiger partial charge in [-0.05, 0) is 31.2 Å². The van der Waals surface area contributed by atoms with Crippen LogP contribution in [0.25, 0.3) is 10.9 Å². The second-order valence-corrected chi connectivity index (χ2v) is 8.11. The van der Waals surface area contributed by atoms with Gasteiger partial charge in [0, 0.05) is 38.4 Å². The molecule has 7 heteroatoms. The quantitative estimate of drug-likeness (QED) is 0.692. The van der Waals surface area contributed by atoms with E-state index in [1.807, 2.05) is 43.3 Å². The largest absolute Gasteiger partial charge is 0.489 e. The van der Waals surface area contributed by atoms with Crippen LogP contribution >= 0.6 is 11.6 Å². The molecule has 4 rings (SSSR count). The number of amides is 1. The number of benzene rings is 2. The number of pyridine rings is 1. The van der Waals surface area contributed by atoms with Crippen LogP contribution in [0.2, 0.25) is 5.02 Å². The SMILES string of the molecule is Cc1ccc2c(c1)c(N1CCC(Oc3ccccc3Cl)CC1)c(C(N)=O)c(=O)n2C. The number of piperidine rings is 1. The van der Waals surface area contributed by atoms with E-state index >= 15 is 0 Å². The van der Waals surface area contributed by atoms with Crippen molar-refractivity contribution in [3.63, 3.8) is 0 Å². The molecule has 1 fully saturated rings. The minimum Gasteiger partial charge on any atom is -0.489 e. The number of ether oxygens (including phenoxy) is 1. The molecule has 0 radical (unpaired) electrons. The first-order valence-corrected chi connectivity index (χ1v) is 10.3. The highest BCUT2D eigenvalue weighted by Crippen LogP contribution is 2.33. The highest BCUT2D eigenvalue weighted by atomic mass is 35.5. The molecule has 0 aliphatic carbocycles. The van der Waals surface area contributed by atoms with Crippen molar-refractivity contribution < 1.29 is 9.53 Å². The highest BCUT2D eigenvalue weighted by molar-refractivity contribution is 6.32. The van der Waals surface area contributed by atoms with Crippen molar-refractivity contribution in [2.45, 2.75) is 25.9 Å². The molecule has 0 saturated carbocycles. The molecule has 1 aliphatic heterocycles. The first-order chi connectivity index (χ1) is 14.4. The van der Waals surface area contributed by atoms with Crippen molar-refractivity contribution in [3.8, 4) is 5.75 Å². The number of carbonyl (C=O) groups is 1. The maximum absolute atomic E-state index is 12.9. The summed E-state index contributed by atoms with van der Waals surface area (Å²) in [6.07, 6.45) is 1.50. The highest BCUT2D eigenvalue weighted by Gasteiger charge is 2.28. The van der Waals surface area contributed by atoms with E-state index in [9.17, 15) is 9.59 Å². The predicted octanol–water partition coefficient (Wildman–Crippen LogP) is 3.65. The van der Waals surface area contributed by atoms with E-state index in [1.54, 1.807) is 13.1 Å². The van der Waals surface area contributed by atoms with Gasteiger partial charge in [-0.1, -0.05) is 35.4 Å². The van der Waals surface area contributed by atoms with Crippen LogP contribution in [0.3, 0.4) is 0 Å². The van der Waals surface area contributed by atoms with Crippen molar-refractivity contribution in [2.24, 2.45) is 12.8 Å². The molecule has 0 spiro atoms. The van der Waals surface area contributed by atoms with Gasteiger partial charge in [0.2, 0.25) is 0 Å². The number of hydrogen-bond acceptors (Lipinski definition) is 4. The van der Waals surface area contributed by atoms with Gasteiger partial charge in [-0.25, -0.2) is 0 Å². The van der Waals surface area contributed by atoms with Gasteiger partial charge in [0.1, 0.15) is 17.4 Å². The summed E-state index contributed by atoms with van der Waals surface area (Å²) in [5.74, 6) is -0.0338. The number of hydrogen-bond donors (Lipinski definition) is 1. The van der Waals surface area contributed by atoms with Crippen molar-refractivity contribution in [1.82, 2.24) is 4.57 Å². The van der Waals surface area contributed by atoms with E-state index < -0.39 is 5.91 Å². The molecule has 0 unspecified atom stereocenters. The van der Waals surface area contributed by atoms with Gasteiger partial charge in [-0.3, -0.25) is 9.59 Å². The Bertz CT molecular complexity index is 1180. The number of para-hydroxylation sites is 1. The third kappa shape index (κ3) is 3.63. The molecule has 3 aromatic rings. The van der Waals surface area contributed by atoms with Crippen molar-refractivity contribution >= 4 is 34.1 Å². The fourth-order valence-electron chi connectivity index (χ4n) is 4.11. The van der Waals surface area contributed by atoms with Gasteiger partial charge < -0.3 is 19.9 Å². The molecule has 2 N–H and O–H groups in total. The van der Waals surface area contributed by atoms with Crippen molar-refractivity contribution in [3.05, 3.63) is 69.0 Å². The minimum absolute atomic E-state index is 0.0118. The van der Waals surface area contributed by atoms with Crippen molar-refractivity contribution in [2.75, 3.05) is 18.0 Å². The van der Waals surface area contributed by atoms with E-state index in [1.165, 1.54) is 4.57 Å².